The summed E-state index contributed by atoms with van der Waals surface area (Å²) < 4.78 is 26.6. The summed E-state index contributed by atoms with van der Waals surface area (Å²) >= 11 is 17.3. The molecule has 0 bridgehead atoms. The van der Waals surface area contributed by atoms with E-state index in [9.17, 15) is 8.42 Å². The molecule has 106 valence electrons. The van der Waals surface area contributed by atoms with Crippen LogP contribution in [0.5, 0.6) is 0 Å². The molecule has 1 aromatic carbocycles. The van der Waals surface area contributed by atoms with Gasteiger partial charge in [-0.2, -0.15) is 0 Å². The van der Waals surface area contributed by atoms with Gasteiger partial charge in [0.05, 0.1) is 15.7 Å². The van der Waals surface area contributed by atoms with Crippen LogP contribution in [0.25, 0.3) is 0 Å². The van der Waals surface area contributed by atoms with Crippen LogP contribution in [0.2, 0.25) is 15.2 Å². The minimum Gasteiger partial charge on any atom is -0.396 e. The summed E-state index contributed by atoms with van der Waals surface area (Å²) in [5.74, 6) is 0.00888. The first-order valence-electron chi connectivity index (χ1n) is 5.05. The molecule has 0 saturated heterocycles. The second kappa shape index (κ2) is 5.61. The maximum absolute atomic E-state index is 12.2. The van der Waals surface area contributed by atoms with Crippen molar-refractivity contribution in [1.82, 2.24) is 9.97 Å². The number of hydrogen-bond donors (Lipinski definition) is 2. The fourth-order valence-electron chi connectivity index (χ4n) is 1.34. The number of nitrogen functional groups attached to an aromatic ring is 1. The Balaban J connectivity index is 2.44. The Morgan fingerprint density at radius 1 is 1.15 bits per heavy atom. The van der Waals surface area contributed by atoms with Gasteiger partial charge in [-0.3, -0.25) is 4.72 Å². The predicted molar refractivity (Wildman–Crippen MR) is 78.7 cm³/mol. The van der Waals surface area contributed by atoms with Crippen LogP contribution in [0.3, 0.4) is 0 Å². The summed E-state index contributed by atoms with van der Waals surface area (Å²) in [6.45, 7) is 0. The van der Waals surface area contributed by atoms with Gasteiger partial charge in [-0.25, -0.2) is 18.4 Å². The Hall–Kier alpha value is -1.28. The quantitative estimate of drug-likeness (QED) is 0.653. The van der Waals surface area contributed by atoms with Crippen LogP contribution < -0.4 is 10.5 Å². The number of anilines is 2. The van der Waals surface area contributed by atoms with Gasteiger partial charge in [-0.15, -0.1) is 0 Å². The van der Waals surface area contributed by atoms with E-state index in [0.29, 0.717) is 0 Å². The first-order chi connectivity index (χ1) is 9.31. The molecule has 2 aromatic rings. The summed E-state index contributed by atoms with van der Waals surface area (Å²) in [5.41, 5.74) is 5.58. The van der Waals surface area contributed by atoms with Crippen molar-refractivity contribution in [3.63, 3.8) is 0 Å². The van der Waals surface area contributed by atoms with E-state index in [-0.39, 0.29) is 31.6 Å². The van der Waals surface area contributed by atoms with Gasteiger partial charge in [0.1, 0.15) is 22.2 Å². The molecule has 0 fully saturated rings. The number of benzene rings is 1. The van der Waals surface area contributed by atoms with Crippen molar-refractivity contribution < 1.29 is 8.42 Å². The van der Waals surface area contributed by atoms with Crippen LogP contribution in [0.4, 0.5) is 11.5 Å². The summed E-state index contributed by atoms with van der Waals surface area (Å²) in [6.07, 6.45) is 1.12. The van der Waals surface area contributed by atoms with Crippen molar-refractivity contribution in [2.75, 3.05) is 10.5 Å². The molecule has 20 heavy (non-hydrogen) atoms. The van der Waals surface area contributed by atoms with Gasteiger partial charge in [0.15, 0.2) is 0 Å². The summed E-state index contributed by atoms with van der Waals surface area (Å²) in [4.78, 5) is 7.16. The van der Waals surface area contributed by atoms with Gasteiger partial charge in [0.25, 0.3) is 10.0 Å². The molecule has 1 aromatic heterocycles. The number of nitrogens with zero attached hydrogens (tertiary/aromatic N) is 2. The largest absolute Gasteiger partial charge is 0.396 e. The lowest BCUT2D eigenvalue weighted by atomic mass is 10.3. The Labute approximate surface area is 129 Å². The van der Waals surface area contributed by atoms with E-state index in [1.807, 2.05) is 0 Å². The lowest BCUT2D eigenvalue weighted by molar-refractivity contribution is 0.601. The topological polar surface area (TPSA) is 98.0 Å². The van der Waals surface area contributed by atoms with Crippen LogP contribution in [-0.2, 0) is 10.0 Å². The van der Waals surface area contributed by atoms with E-state index >= 15 is 0 Å². The number of nitrogens with two attached hydrogens (primary N) is 1. The van der Waals surface area contributed by atoms with Crippen LogP contribution >= 0.6 is 34.8 Å². The van der Waals surface area contributed by atoms with Crippen molar-refractivity contribution in [2.45, 2.75) is 4.90 Å². The number of sulfonamides is 1. The lowest BCUT2D eigenvalue weighted by Crippen LogP contribution is -2.15. The first kappa shape index (κ1) is 15.1. The van der Waals surface area contributed by atoms with Gasteiger partial charge in [0.2, 0.25) is 0 Å². The molecule has 0 saturated carbocycles. The van der Waals surface area contributed by atoms with E-state index in [0.717, 1.165) is 6.33 Å². The zero-order chi connectivity index (χ0) is 14.9. The highest BCUT2D eigenvalue weighted by Crippen LogP contribution is 2.33. The second-order valence-corrected chi connectivity index (χ2v) is 6.43. The Morgan fingerprint density at radius 3 is 2.50 bits per heavy atom. The molecule has 10 heteroatoms. The van der Waals surface area contributed by atoms with Crippen molar-refractivity contribution in [2.24, 2.45) is 0 Å². The molecule has 0 radical (unpaired) electrons. The molecule has 6 nitrogen and oxygen atoms in total. The normalized spacial score (nSPS) is 11.3. The number of nitrogens with one attached hydrogen (secondary N) is 1. The van der Waals surface area contributed by atoms with Crippen LogP contribution in [0, 0.1) is 0 Å². The molecule has 0 amide bonds. The van der Waals surface area contributed by atoms with Gasteiger partial charge in [0, 0.05) is 6.07 Å². The van der Waals surface area contributed by atoms with Crippen molar-refractivity contribution >= 4 is 56.3 Å². The highest BCUT2D eigenvalue weighted by Gasteiger charge is 2.21. The average molecular weight is 354 g/mol. The minimum absolute atomic E-state index is 0.00888. The standard InChI is InChI=1S/C10H7Cl3N4O2S/c11-5-1-2-6(9(13)10(5)14)20(18,19)17-8-3-7(12)15-4-16-8/h1-4H,14H2,(H,15,16,17). The molecule has 0 spiro atoms. The number of halogens is 3. The fraction of sp³-hybridized carbons (Fsp3) is 0. The molecule has 0 aliphatic rings. The molecular formula is C10H7Cl3N4O2S. The monoisotopic (exact) mass is 352 g/mol. The molecule has 3 N–H and O–H groups in total. The van der Waals surface area contributed by atoms with E-state index in [2.05, 4.69) is 14.7 Å². The van der Waals surface area contributed by atoms with Crippen molar-refractivity contribution in [1.29, 1.82) is 0 Å². The first-order valence-corrected chi connectivity index (χ1v) is 7.67. The molecule has 2 rings (SSSR count). The van der Waals surface area contributed by atoms with Crippen LogP contribution in [-0.4, -0.2) is 18.4 Å². The third kappa shape index (κ3) is 3.06. The minimum atomic E-state index is -3.97. The predicted octanol–water partition coefficient (Wildman–Crippen LogP) is 2.82. The highest BCUT2D eigenvalue weighted by molar-refractivity contribution is 7.92. The van der Waals surface area contributed by atoms with Gasteiger partial charge in [-0.1, -0.05) is 34.8 Å². The van der Waals surface area contributed by atoms with Gasteiger partial charge >= 0.3 is 0 Å². The zero-order valence-corrected chi connectivity index (χ0v) is 12.7. The third-order valence-corrected chi connectivity index (χ3v) is 4.71. The smallest absolute Gasteiger partial charge is 0.264 e. The third-order valence-electron chi connectivity index (χ3n) is 2.25. The Morgan fingerprint density at radius 2 is 1.85 bits per heavy atom. The summed E-state index contributed by atoms with van der Waals surface area (Å²) in [7, 11) is -3.97. The van der Waals surface area contributed by atoms with E-state index < -0.39 is 10.0 Å². The van der Waals surface area contributed by atoms with Gasteiger partial charge < -0.3 is 5.73 Å². The molecule has 0 aliphatic heterocycles. The number of hydrogen-bond acceptors (Lipinski definition) is 5. The van der Waals surface area contributed by atoms with E-state index in [1.54, 1.807) is 0 Å². The Bertz CT molecular complexity index is 767. The highest BCUT2D eigenvalue weighted by atomic mass is 35.5. The maximum Gasteiger partial charge on any atom is 0.264 e. The molecule has 1 heterocycles. The summed E-state index contributed by atoms with van der Waals surface area (Å²) in [5, 5.41) is 0.101. The molecule has 0 unspecified atom stereocenters. The average Bonchev–Trinajstić information content (AvgIpc) is 2.35. The second-order valence-electron chi connectivity index (χ2n) is 3.60. The fourth-order valence-corrected chi connectivity index (χ4v) is 3.25. The van der Waals surface area contributed by atoms with E-state index in [4.69, 9.17) is 40.5 Å². The van der Waals surface area contributed by atoms with Gasteiger partial charge in [-0.05, 0) is 12.1 Å². The molecule has 0 aliphatic carbocycles. The summed E-state index contributed by atoms with van der Waals surface area (Å²) in [6, 6.07) is 3.84. The lowest BCUT2D eigenvalue weighted by Gasteiger charge is -2.10. The van der Waals surface area contributed by atoms with E-state index in [1.165, 1.54) is 18.2 Å². The van der Waals surface area contributed by atoms with Crippen molar-refractivity contribution in [3.8, 4) is 0 Å². The van der Waals surface area contributed by atoms with Crippen LogP contribution in [0.15, 0.2) is 29.4 Å². The number of aromatic nitrogens is 2. The SMILES string of the molecule is Nc1c(Cl)ccc(S(=O)(=O)Nc2cc(Cl)ncn2)c1Cl. The van der Waals surface area contributed by atoms with Crippen LogP contribution in [0.1, 0.15) is 0 Å². The maximum atomic E-state index is 12.2. The Kier molecular flexibility index (Phi) is 4.24. The molecular weight excluding hydrogens is 347 g/mol. The van der Waals surface area contributed by atoms with Crippen molar-refractivity contribution in [3.05, 3.63) is 39.7 Å². The zero-order valence-electron chi connectivity index (χ0n) is 9.64. The molecule has 0 atom stereocenters. The number of rotatable bonds is 3.